The van der Waals surface area contributed by atoms with E-state index in [2.05, 4.69) is 28.2 Å². The lowest BCUT2D eigenvalue weighted by atomic mass is 10.0. The SMILES string of the molecule is CC(C)OC(=O)NC1Cc2c(n(C(C)[C@H]3NCC[C@H]3O)c3ccc(C#N)cc23)C1. The van der Waals surface area contributed by atoms with E-state index in [0.29, 0.717) is 18.4 Å². The molecule has 1 aromatic heterocycles. The molecule has 4 atom stereocenters. The average Bonchev–Trinajstić information content (AvgIpc) is 3.33. The van der Waals surface area contributed by atoms with Crippen molar-refractivity contribution >= 4 is 17.0 Å². The molecule has 3 N–H and O–H groups in total. The predicted molar refractivity (Wildman–Crippen MR) is 110 cm³/mol. The molecule has 4 rings (SSSR count). The summed E-state index contributed by atoms with van der Waals surface area (Å²) in [6.07, 6.45) is 1.21. The van der Waals surface area contributed by atoms with E-state index >= 15 is 0 Å². The number of aromatic nitrogens is 1. The highest BCUT2D eigenvalue weighted by Gasteiger charge is 2.36. The average molecular weight is 396 g/mol. The molecule has 1 fully saturated rings. The fraction of sp³-hybridized carbons (Fsp3) is 0.545. The topological polar surface area (TPSA) is 99.3 Å². The number of ether oxygens (including phenoxy) is 1. The number of benzene rings is 1. The lowest BCUT2D eigenvalue weighted by Crippen LogP contribution is -2.39. The van der Waals surface area contributed by atoms with E-state index in [0.717, 1.165) is 23.9 Å². The van der Waals surface area contributed by atoms with Gasteiger partial charge < -0.3 is 25.0 Å². The van der Waals surface area contributed by atoms with Crippen LogP contribution in [-0.4, -0.2) is 46.6 Å². The van der Waals surface area contributed by atoms with Crippen LogP contribution in [0.3, 0.4) is 0 Å². The van der Waals surface area contributed by atoms with Crippen molar-refractivity contribution in [1.82, 2.24) is 15.2 Å². The van der Waals surface area contributed by atoms with Gasteiger partial charge >= 0.3 is 6.09 Å². The summed E-state index contributed by atoms with van der Waals surface area (Å²) in [6.45, 7) is 6.59. The van der Waals surface area contributed by atoms with E-state index in [-0.39, 0.29) is 30.3 Å². The zero-order chi connectivity index (χ0) is 20.7. The highest BCUT2D eigenvalue weighted by atomic mass is 16.6. The largest absolute Gasteiger partial charge is 0.447 e. The Morgan fingerprint density at radius 1 is 1.38 bits per heavy atom. The number of carbonyl (C=O) groups is 1. The van der Waals surface area contributed by atoms with Crippen LogP contribution in [0.15, 0.2) is 18.2 Å². The predicted octanol–water partition coefficient (Wildman–Crippen LogP) is 2.40. The van der Waals surface area contributed by atoms with Crippen molar-refractivity contribution in [1.29, 1.82) is 5.26 Å². The maximum atomic E-state index is 12.1. The van der Waals surface area contributed by atoms with Crippen molar-refractivity contribution in [3.05, 3.63) is 35.0 Å². The summed E-state index contributed by atoms with van der Waals surface area (Å²) in [5.41, 5.74) is 4.04. The van der Waals surface area contributed by atoms with Gasteiger partial charge in [-0.25, -0.2) is 4.79 Å². The summed E-state index contributed by atoms with van der Waals surface area (Å²) in [5.74, 6) is 0. The zero-order valence-corrected chi connectivity index (χ0v) is 17.1. The molecule has 2 heterocycles. The first-order valence-corrected chi connectivity index (χ1v) is 10.3. The summed E-state index contributed by atoms with van der Waals surface area (Å²) in [7, 11) is 0. The normalized spacial score (nSPS) is 24.5. The number of nitriles is 1. The van der Waals surface area contributed by atoms with Gasteiger partial charge in [0.25, 0.3) is 0 Å². The Kier molecular flexibility index (Phi) is 5.24. The number of rotatable bonds is 4. The van der Waals surface area contributed by atoms with Gasteiger partial charge in [0.15, 0.2) is 0 Å². The van der Waals surface area contributed by atoms with Gasteiger partial charge in [-0.1, -0.05) is 0 Å². The second-order valence-electron chi connectivity index (χ2n) is 8.42. The van der Waals surface area contributed by atoms with Crippen LogP contribution < -0.4 is 10.6 Å². The molecule has 0 radical (unpaired) electrons. The van der Waals surface area contributed by atoms with Crippen LogP contribution >= 0.6 is 0 Å². The molecular weight excluding hydrogens is 368 g/mol. The fourth-order valence-electron chi connectivity index (χ4n) is 4.85. The van der Waals surface area contributed by atoms with Gasteiger partial charge in [0, 0.05) is 35.1 Å². The molecule has 2 aliphatic rings. The third-order valence-electron chi connectivity index (χ3n) is 6.07. The van der Waals surface area contributed by atoms with Crippen LogP contribution in [0, 0.1) is 11.3 Å². The zero-order valence-electron chi connectivity index (χ0n) is 17.1. The lowest BCUT2D eigenvalue weighted by Gasteiger charge is -2.27. The number of aliphatic hydroxyl groups is 1. The van der Waals surface area contributed by atoms with E-state index in [1.54, 1.807) is 0 Å². The minimum Gasteiger partial charge on any atom is -0.447 e. The Balaban J connectivity index is 1.71. The van der Waals surface area contributed by atoms with E-state index in [1.807, 2.05) is 32.0 Å². The van der Waals surface area contributed by atoms with Gasteiger partial charge in [0.2, 0.25) is 0 Å². The molecule has 2 aromatic rings. The van der Waals surface area contributed by atoms with Crippen molar-refractivity contribution in [2.45, 2.75) is 70.4 Å². The standard InChI is InChI=1S/C22H28N4O3/c1-12(2)29-22(28)25-15-9-17-16-8-14(11-23)4-5-18(16)26(19(17)10-15)13(3)21-20(27)6-7-24-21/h4-5,8,12-13,15,20-21,24,27H,6-7,9-10H2,1-3H3,(H,25,28)/t13?,15?,20-,21-/m1/s1. The second-order valence-corrected chi connectivity index (χ2v) is 8.42. The highest BCUT2D eigenvalue weighted by molar-refractivity contribution is 5.88. The van der Waals surface area contributed by atoms with Gasteiger partial charge in [-0.15, -0.1) is 0 Å². The number of hydrogen-bond donors (Lipinski definition) is 3. The molecule has 0 bridgehead atoms. The number of alkyl carbamates (subject to hydrolysis) is 1. The fourth-order valence-corrected chi connectivity index (χ4v) is 4.85. The van der Waals surface area contributed by atoms with Crippen LogP contribution in [0.25, 0.3) is 10.9 Å². The van der Waals surface area contributed by atoms with Crippen LogP contribution in [0.1, 0.15) is 50.1 Å². The van der Waals surface area contributed by atoms with Gasteiger partial charge in [0.05, 0.1) is 29.9 Å². The van der Waals surface area contributed by atoms with Gasteiger partial charge in [0.1, 0.15) is 0 Å². The molecule has 1 aliphatic carbocycles. The number of nitrogens with zero attached hydrogens (tertiary/aromatic N) is 2. The Labute approximate surface area is 170 Å². The first kappa shape index (κ1) is 19.7. The van der Waals surface area contributed by atoms with Crippen LogP contribution in [0.5, 0.6) is 0 Å². The summed E-state index contributed by atoms with van der Waals surface area (Å²) in [5, 5.41) is 27.2. The molecule has 7 nitrogen and oxygen atoms in total. The summed E-state index contributed by atoms with van der Waals surface area (Å²) in [4.78, 5) is 12.1. The van der Waals surface area contributed by atoms with Crippen molar-refractivity contribution in [2.24, 2.45) is 0 Å². The molecule has 1 amide bonds. The van der Waals surface area contributed by atoms with Gasteiger partial charge in [-0.3, -0.25) is 0 Å². The Bertz CT molecular complexity index is 975. The van der Waals surface area contributed by atoms with Crippen molar-refractivity contribution in [3.63, 3.8) is 0 Å². The molecule has 0 spiro atoms. The molecule has 29 heavy (non-hydrogen) atoms. The number of aliphatic hydroxyl groups excluding tert-OH is 1. The third kappa shape index (κ3) is 3.59. The van der Waals surface area contributed by atoms with Crippen LogP contribution in [0.2, 0.25) is 0 Å². The molecule has 1 saturated heterocycles. The summed E-state index contributed by atoms with van der Waals surface area (Å²) in [6, 6.07) is 7.99. The molecule has 2 unspecified atom stereocenters. The Morgan fingerprint density at radius 2 is 2.17 bits per heavy atom. The quantitative estimate of drug-likeness (QED) is 0.737. The molecule has 1 aliphatic heterocycles. The van der Waals surface area contributed by atoms with E-state index in [9.17, 15) is 15.2 Å². The maximum absolute atomic E-state index is 12.1. The number of hydrogen-bond acceptors (Lipinski definition) is 5. The number of amides is 1. The molecule has 7 heteroatoms. The lowest BCUT2D eigenvalue weighted by molar-refractivity contribution is 0.112. The summed E-state index contributed by atoms with van der Waals surface area (Å²) >= 11 is 0. The van der Waals surface area contributed by atoms with Crippen LogP contribution in [-0.2, 0) is 17.6 Å². The van der Waals surface area contributed by atoms with E-state index in [1.165, 1.54) is 11.3 Å². The first-order valence-electron chi connectivity index (χ1n) is 10.3. The minimum atomic E-state index is -0.398. The van der Waals surface area contributed by atoms with Crippen molar-refractivity contribution < 1.29 is 14.6 Å². The number of nitrogens with one attached hydrogen (secondary N) is 2. The number of carbonyl (C=O) groups excluding carboxylic acids is 1. The highest BCUT2D eigenvalue weighted by Crippen LogP contribution is 2.37. The van der Waals surface area contributed by atoms with Crippen molar-refractivity contribution in [3.8, 4) is 6.07 Å². The first-order chi connectivity index (χ1) is 13.9. The van der Waals surface area contributed by atoms with Crippen molar-refractivity contribution in [2.75, 3.05) is 6.54 Å². The van der Waals surface area contributed by atoms with Gasteiger partial charge in [-0.05, 0) is 63.9 Å². The summed E-state index contributed by atoms with van der Waals surface area (Å²) < 4.78 is 7.53. The van der Waals surface area contributed by atoms with E-state index in [4.69, 9.17) is 4.74 Å². The molecule has 0 saturated carbocycles. The number of fused-ring (bicyclic) bond motifs is 3. The van der Waals surface area contributed by atoms with E-state index < -0.39 is 6.09 Å². The third-order valence-corrected chi connectivity index (χ3v) is 6.07. The minimum absolute atomic E-state index is 0.0248. The van der Waals surface area contributed by atoms with Crippen LogP contribution in [0.4, 0.5) is 4.79 Å². The molecule has 154 valence electrons. The van der Waals surface area contributed by atoms with Gasteiger partial charge in [-0.2, -0.15) is 5.26 Å². The molecule has 1 aromatic carbocycles. The monoisotopic (exact) mass is 396 g/mol. The Morgan fingerprint density at radius 3 is 2.83 bits per heavy atom. The maximum Gasteiger partial charge on any atom is 0.407 e. The smallest absolute Gasteiger partial charge is 0.407 e. The second kappa shape index (κ2) is 7.69. The Hall–Kier alpha value is -2.56. The molecular formula is C22H28N4O3.